The number of imidazole rings is 1. The molecule has 190 valence electrons. The van der Waals surface area contributed by atoms with Crippen LogP contribution >= 0.6 is 0 Å². The first-order valence-corrected chi connectivity index (χ1v) is 12.0. The van der Waals surface area contributed by atoms with Crippen molar-refractivity contribution >= 4 is 23.0 Å². The number of nitrogens with one attached hydrogen (secondary N) is 3. The number of hydrazone groups is 1. The van der Waals surface area contributed by atoms with Gasteiger partial charge in [-0.2, -0.15) is 5.10 Å². The number of urea groups is 1. The van der Waals surface area contributed by atoms with Gasteiger partial charge in [0.2, 0.25) is 0 Å². The molecule has 3 aromatic rings. The van der Waals surface area contributed by atoms with Gasteiger partial charge >= 0.3 is 11.7 Å². The van der Waals surface area contributed by atoms with Gasteiger partial charge in [-0.25, -0.2) is 23.4 Å². The lowest BCUT2D eigenvalue weighted by atomic mass is 9.93. The number of amidine groups is 1. The first kappa shape index (κ1) is 23.8. The Balaban J connectivity index is 1.22. The summed E-state index contributed by atoms with van der Waals surface area (Å²) >= 11 is 0. The quantitative estimate of drug-likeness (QED) is 0.324. The van der Waals surface area contributed by atoms with Gasteiger partial charge in [-0.1, -0.05) is 12.1 Å². The number of halogens is 2. The molecule has 0 saturated carbocycles. The smallest absolute Gasteiger partial charge is 0.327 e. The summed E-state index contributed by atoms with van der Waals surface area (Å²) < 4.78 is 29.8. The lowest BCUT2D eigenvalue weighted by molar-refractivity contribution is 0.170. The molecule has 12 heteroatoms. The zero-order chi connectivity index (χ0) is 25.2. The maximum absolute atomic E-state index is 14.3. The van der Waals surface area contributed by atoms with E-state index in [1.54, 1.807) is 27.8 Å². The van der Waals surface area contributed by atoms with Gasteiger partial charge in [0.15, 0.2) is 17.3 Å². The number of piperidine rings is 1. The van der Waals surface area contributed by atoms with Crippen molar-refractivity contribution in [1.82, 2.24) is 30.1 Å². The molecule has 5 rings (SSSR count). The molecular formula is C24H28F2N8O2. The third-order valence-corrected chi connectivity index (χ3v) is 7.13. The summed E-state index contributed by atoms with van der Waals surface area (Å²) in [5, 5.41) is 9.87. The highest BCUT2D eigenvalue weighted by molar-refractivity contribution is 5.91. The molecule has 2 aromatic heterocycles. The second-order valence-corrected chi connectivity index (χ2v) is 9.20. The maximum atomic E-state index is 14.3. The predicted molar refractivity (Wildman–Crippen MR) is 130 cm³/mol. The molecule has 10 nitrogen and oxygen atoms in total. The molecule has 1 aromatic carbocycles. The number of hydrogen-bond acceptors (Lipinski definition) is 5. The number of rotatable bonds is 3. The number of nitrogens with two attached hydrogens (primary N) is 1. The van der Waals surface area contributed by atoms with E-state index in [1.807, 2.05) is 6.07 Å². The number of amides is 2. The van der Waals surface area contributed by atoms with Crippen LogP contribution in [0.15, 0.2) is 46.4 Å². The number of benzene rings is 1. The maximum Gasteiger partial charge on any atom is 0.327 e. The minimum Gasteiger partial charge on any atom is -0.370 e. The number of carbonyl (C=O) groups is 1. The SMILES string of the molecule is N/N=C1\NC[C@H](c2cccc(F)c2F)CC[C@H]1NC(=O)N1CCC(n2c(=O)[nH]c3ncccc32)CC1. The minimum atomic E-state index is -0.885. The molecule has 36 heavy (non-hydrogen) atoms. The van der Waals surface area contributed by atoms with E-state index in [4.69, 9.17) is 5.84 Å². The fourth-order valence-corrected chi connectivity index (χ4v) is 5.22. The van der Waals surface area contributed by atoms with Crippen LogP contribution < -0.4 is 22.2 Å². The van der Waals surface area contributed by atoms with E-state index >= 15 is 0 Å². The Hall–Kier alpha value is -3.96. The molecule has 2 atom stereocenters. The van der Waals surface area contributed by atoms with Crippen LogP contribution in [0.1, 0.15) is 43.2 Å². The average molecular weight is 499 g/mol. The number of hydrogen-bond donors (Lipinski definition) is 4. The summed E-state index contributed by atoms with van der Waals surface area (Å²) in [6.07, 6.45) is 3.85. The first-order chi connectivity index (χ1) is 17.5. The van der Waals surface area contributed by atoms with Crippen LogP contribution in [0.4, 0.5) is 13.6 Å². The minimum absolute atomic E-state index is 0.0397. The number of fused-ring (bicyclic) bond motifs is 1. The van der Waals surface area contributed by atoms with E-state index in [1.165, 1.54) is 6.07 Å². The second kappa shape index (κ2) is 9.96. The van der Waals surface area contributed by atoms with E-state index in [9.17, 15) is 18.4 Å². The van der Waals surface area contributed by atoms with E-state index in [0.717, 1.165) is 11.6 Å². The Bertz CT molecular complexity index is 1350. The summed E-state index contributed by atoms with van der Waals surface area (Å²) in [7, 11) is 0. The predicted octanol–water partition coefficient (Wildman–Crippen LogP) is 2.16. The van der Waals surface area contributed by atoms with Gasteiger partial charge < -0.3 is 21.4 Å². The standard InChI is InChI=1S/C24H28F2N8O2/c25-17-4-1-3-16(20(17)26)14-6-7-18(21(32-27)29-13-14)30-23(35)33-11-8-15(9-12-33)34-19-5-2-10-28-22(19)31-24(34)36/h1-5,10,14-15,18H,6-9,11-13,27H2,(H,29,32)(H,30,35)(H,28,31,36)/t14-,18-/m1/s1. The van der Waals surface area contributed by atoms with Crippen molar-refractivity contribution in [3.63, 3.8) is 0 Å². The van der Waals surface area contributed by atoms with Gasteiger partial charge in [0.05, 0.1) is 11.6 Å². The highest BCUT2D eigenvalue weighted by atomic mass is 19.2. The fraction of sp³-hybridized carbons (Fsp3) is 0.417. The van der Waals surface area contributed by atoms with E-state index in [2.05, 4.69) is 25.7 Å². The van der Waals surface area contributed by atoms with E-state index in [-0.39, 0.29) is 29.2 Å². The molecule has 2 amide bonds. The summed E-state index contributed by atoms with van der Waals surface area (Å²) in [6.45, 7) is 1.27. The third-order valence-electron chi connectivity index (χ3n) is 7.13. The molecule has 2 aliphatic heterocycles. The molecule has 5 N–H and O–H groups in total. The van der Waals surface area contributed by atoms with Crippen molar-refractivity contribution in [2.75, 3.05) is 19.6 Å². The zero-order valence-electron chi connectivity index (χ0n) is 19.6. The molecular weight excluding hydrogens is 470 g/mol. The molecule has 0 radical (unpaired) electrons. The molecule has 0 unspecified atom stereocenters. The Morgan fingerprint density at radius 2 is 1.94 bits per heavy atom. The number of H-pyrrole nitrogens is 1. The van der Waals surface area contributed by atoms with Crippen LogP contribution in [-0.2, 0) is 0 Å². The van der Waals surface area contributed by atoms with Crippen LogP contribution in [-0.4, -0.2) is 57.0 Å². The monoisotopic (exact) mass is 498 g/mol. The lowest BCUT2D eigenvalue weighted by Gasteiger charge is -2.33. The van der Waals surface area contributed by atoms with Gasteiger partial charge in [0.1, 0.15) is 5.84 Å². The Kier molecular flexibility index (Phi) is 6.57. The van der Waals surface area contributed by atoms with E-state index < -0.39 is 17.7 Å². The van der Waals surface area contributed by atoms with Crippen LogP contribution in [0.2, 0.25) is 0 Å². The normalized spacial score (nSPS) is 22.4. The molecule has 2 fully saturated rings. The Labute approximate surface area is 205 Å². The van der Waals surface area contributed by atoms with Gasteiger partial charge in [-0.05, 0) is 49.4 Å². The topological polar surface area (TPSA) is 133 Å². The van der Waals surface area contributed by atoms with Crippen molar-refractivity contribution in [2.45, 2.75) is 43.7 Å². The molecule has 0 aliphatic carbocycles. The van der Waals surface area contributed by atoms with Crippen LogP contribution in [0, 0.1) is 11.6 Å². The average Bonchev–Trinajstić information content (AvgIpc) is 3.09. The summed E-state index contributed by atoms with van der Waals surface area (Å²) in [5.41, 5.74) is 1.39. The largest absolute Gasteiger partial charge is 0.370 e. The van der Waals surface area contributed by atoms with Crippen molar-refractivity contribution in [2.24, 2.45) is 10.9 Å². The Morgan fingerprint density at radius 1 is 1.14 bits per heavy atom. The molecule has 4 heterocycles. The molecule has 0 bridgehead atoms. The second-order valence-electron chi connectivity index (χ2n) is 9.20. The number of likely N-dealkylation sites (tertiary alicyclic amines) is 1. The number of aromatic amines is 1. The number of carbonyl (C=O) groups excluding carboxylic acids is 1. The van der Waals surface area contributed by atoms with Gasteiger partial charge in [-0.3, -0.25) is 9.55 Å². The van der Waals surface area contributed by atoms with Gasteiger partial charge in [0, 0.05) is 37.8 Å². The number of aromatic nitrogens is 3. The third kappa shape index (κ3) is 4.50. The van der Waals surface area contributed by atoms with Crippen LogP contribution in [0.5, 0.6) is 0 Å². The molecule has 2 aliphatic rings. The van der Waals surface area contributed by atoms with Crippen molar-refractivity contribution in [1.29, 1.82) is 0 Å². The highest BCUT2D eigenvalue weighted by Gasteiger charge is 2.31. The van der Waals surface area contributed by atoms with Crippen LogP contribution in [0.25, 0.3) is 11.2 Å². The lowest BCUT2D eigenvalue weighted by Crippen LogP contribution is -2.52. The van der Waals surface area contributed by atoms with Crippen molar-refractivity contribution in [3.8, 4) is 0 Å². The highest BCUT2D eigenvalue weighted by Crippen LogP contribution is 2.28. The fourth-order valence-electron chi connectivity index (χ4n) is 5.22. The van der Waals surface area contributed by atoms with Crippen LogP contribution in [0.3, 0.4) is 0 Å². The summed E-state index contributed by atoms with van der Waals surface area (Å²) in [4.78, 5) is 34.2. The Morgan fingerprint density at radius 3 is 2.72 bits per heavy atom. The number of pyridine rings is 1. The van der Waals surface area contributed by atoms with Crippen molar-refractivity contribution < 1.29 is 13.6 Å². The zero-order valence-corrected chi connectivity index (χ0v) is 19.6. The van der Waals surface area contributed by atoms with Crippen molar-refractivity contribution in [3.05, 3.63) is 64.2 Å². The first-order valence-electron chi connectivity index (χ1n) is 12.0. The van der Waals surface area contributed by atoms with Gasteiger partial charge in [-0.15, -0.1) is 0 Å². The van der Waals surface area contributed by atoms with E-state index in [0.29, 0.717) is 56.8 Å². The number of nitrogens with zero attached hydrogens (tertiary/aromatic N) is 4. The van der Waals surface area contributed by atoms with Gasteiger partial charge in [0.25, 0.3) is 0 Å². The molecule has 2 saturated heterocycles. The summed E-state index contributed by atoms with van der Waals surface area (Å²) in [5.74, 6) is 3.94. The summed E-state index contributed by atoms with van der Waals surface area (Å²) in [6, 6.07) is 7.01. The molecule has 0 spiro atoms.